The molecular weight excluding hydrogens is 214 g/mol. The van der Waals surface area contributed by atoms with E-state index in [0.717, 1.165) is 0 Å². The van der Waals surface area contributed by atoms with Gasteiger partial charge in [0.15, 0.2) is 0 Å². The summed E-state index contributed by atoms with van der Waals surface area (Å²) in [7, 11) is 1.49. The molecule has 0 saturated carbocycles. The van der Waals surface area contributed by atoms with Crippen LogP contribution in [0.3, 0.4) is 0 Å². The van der Waals surface area contributed by atoms with Crippen molar-refractivity contribution in [3.05, 3.63) is 0 Å². The Bertz CT molecular complexity index is 267. The Morgan fingerprint density at radius 2 is 1.81 bits per heavy atom. The van der Waals surface area contributed by atoms with E-state index in [2.05, 4.69) is 10.6 Å². The number of nitrogens with one attached hydrogen (secondary N) is 2. The van der Waals surface area contributed by atoms with E-state index in [1.165, 1.54) is 7.05 Å². The molecule has 7 heteroatoms. The van der Waals surface area contributed by atoms with Crippen molar-refractivity contribution in [1.29, 1.82) is 0 Å². The van der Waals surface area contributed by atoms with Gasteiger partial charge in [0, 0.05) is 26.4 Å². The molecule has 0 aromatic rings. The van der Waals surface area contributed by atoms with Crippen LogP contribution in [-0.4, -0.2) is 42.5 Å². The first-order valence-electron chi connectivity index (χ1n) is 4.93. The lowest BCUT2D eigenvalue weighted by Crippen LogP contribution is -2.35. The van der Waals surface area contributed by atoms with Crippen molar-refractivity contribution in [2.24, 2.45) is 5.73 Å². The first-order chi connectivity index (χ1) is 7.47. The van der Waals surface area contributed by atoms with Crippen LogP contribution in [0, 0.1) is 0 Å². The Labute approximate surface area is 93.4 Å². The number of carbonyl (C=O) groups excluding carboxylic acids is 2. The monoisotopic (exact) mass is 231 g/mol. The average molecular weight is 231 g/mol. The van der Waals surface area contributed by atoms with E-state index < -0.39 is 12.0 Å². The van der Waals surface area contributed by atoms with E-state index in [1.807, 2.05) is 0 Å². The molecule has 2 amide bonds. The van der Waals surface area contributed by atoms with Gasteiger partial charge in [0.2, 0.25) is 11.8 Å². The van der Waals surface area contributed by atoms with Crippen molar-refractivity contribution in [3.8, 4) is 0 Å². The van der Waals surface area contributed by atoms with E-state index in [9.17, 15) is 14.4 Å². The predicted molar refractivity (Wildman–Crippen MR) is 56.5 cm³/mol. The maximum Gasteiger partial charge on any atom is 0.320 e. The third kappa shape index (κ3) is 6.77. The molecular formula is C9H17N3O4. The highest BCUT2D eigenvalue weighted by Gasteiger charge is 2.11. The zero-order valence-electron chi connectivity index (χ0n) is 9.16. The lowest BCUT2D eigenvalue weighted by molar-refractivity contribution is -0.138. The molecule has 0 fully saturated rings. The summed E-state index contributed by atoms with van der Waals surface area (Å²) in [5, 5.41) is 13.3. The Morgan fingerprint density at radius 3 is 2.31 bits per heavy atom. The molecule has 16 heavy (non-hydrogen) atoms. The standard InChI is InChI=1S/C9H17N3O4/c1-11-7(13)2-3-8(14)12-5-4-6(10)9(15)16/h6H,2-5,10H2,1H3,(H,11,13)(H,12,14)(H,15,16). The topological polar surface area (TPSA) is 122 Å². The highest BCUT2D eigenvalue weighted by molar-refractivity contribution is 5.83. The fraction of sp³-hybridized carbons (Fsp3) is 0.667. The summed E-state index contributed by atoms with van der Waals surface area (Å²) >= 11 is 0. The number of hydrogen-bond donors (Lipinski definition) is 4. The lowest BCUT2D eigenvalue weighted by Gasteiger charge is -2.07. The number of carboxylic acids is 1. The van der Waals surface area contributed by atoms with Crippen LogP contribution in [0.5, 0.6) is 0 Å². The molecule has 0 aromatic heterocycles. The van der Waals surface area contributed by atoms with Crippen LogP contribution in [0.4, 0.5) is 0 Å². The van der Waals surface area contributed by atoms with Crippen molar-refractivity contribution in [1.82, 2.24) is 10.6 Å². The van der Waals surface area contributed by atoms with Gasteiger partial charge >= 0.3 is 5.97 Å². The second-order valence-corrected chi connectivity index (χ2v) is 3.26. The fourth-order valence-electron chi connectivity index (χ4n) is 0.931. The summed E-state index contributed by atoms with van der Waals surface area (Å²) in [5.41, 5.74) is 5.23. The fourth-order valence-corrected chi connectivity index (χ4v) is 0.931. The number of amides is 2. The van der Waals surface area contributed by atoms with Gasteiger partial charge in [-0.1, -0.05) is 0 Å². The van der Waals surface area contributed by atoms with Crippen LogP contribution in [0.25, 0.3) is 0 Å². The van der Waals surface area contributed by atoms with Crippen LogP contribution < -0.4 is 16.4 Å². The molecule has 7 nitrogen and oxygen atoms in total. The van der Waals surface area contributed by atoms with Crippen LogP contribution >= 0.6 is 0 Å². The zero-order chi connectivity index (χ0) is 12.6. The molecule has 1 atom stereocenters. The Kier molecular flexibility index (Phi) is 6.86. The minimum atomic E-state index is -1.10. The highest BCUT2D eigenvalue weighted by atomic mass is 16.4. The summed E-state index contributed by atoms with van der Waals surface area (Å²) in [6.07, 6.45) is 0.371. The molecule has 0 aliphatic heterocycles. The second-order valence-electron chi connectivity index (χ2n) is 3.26. The number of rotatable bonds is 7. The number of carbonyl (C=O) groups is 3. The number of aliphatic carboxylic acids is 1. The first-order valence-corrected chi connectivity index (χ1v) is 4.93. The maximum absolute atomic E-state index is 11.1. The predicted octanol–water partition coefficient (Wildman–Crippen LogP) is -1.57. The van der Waals surface area contributed by atoms with Gasteiger partial charge in [-0.25, -0.2) is 0 Å². The molecule has 92 valence electrons. The minimum absolute atomic E-state index is 0.0853. The number of carboxylic acid groups (broad SMARTS) is 1. The van der Waals surface area contributed by atoms with Gasteiger partial charge in [0.25, 0.3) is 0 Å². The van der Waals surface area contributed by atoms with Gasteiger partial charge in [0.1, 0.15) is 6.04 Å². The van der Waals surface area contributed by atoms with Crippen molar-refractivity contribution in [2.45, 2.75) is 25.3 Å². The molecule has 0 aliphatic carbocycles. The molecule has 0 saturated heterocycles. The van der Waals surface area contributed by atoms with Gasteiger partial charge < -0.3 is 21.5 Å². The smallest absolute Gasteiger partial charge is 0.320 e. The summed E-state index contributed by atoms with van der Waals surface area (Å²) in [5.74, 6) is -1.60. The van der Waals surface area contributed by atoms with Gasteiger partial charge in [-0.3, -0.25) is 14.4 Å². The van der Waals surface area contributed by atoms with E-state index in [1.54, 1.807) is 0 Å². The van der Waals surface area contributed by atoms with E-state index in [4.69, 9.17) is 10.8 Å². The van der Waals surface area contributed by atoms with Crippen molar-refractivity contribution in [2.75, 3.05) is 13.6 Å². The molecule has 0 bridgehead atoms. The first kappa shape index (κ1) is 14.4. The van der Waals surface area contributed by atoms with Crippen LogP contribution in [-0.2, 0) is 14.4 Å². The maximum atomic E-state index is 11.1. The molecule has 0 heterocycles. The third-order valence-electron chi connectivity index (χ3n) is 1.95. The molecule has 1 unspecified atom stereocenters. The van der Waals surface area contributed by atoms with Gasteiger partial charge in [-0.05, 0) is 6.42 Å². The van der Waals surface area contributed by atoms with E-state index in [-0.39, 0.29) is 37.6 Å². The summed E-state index contributed by atoms with van der Waals surface area (Å²) in [6, 6.07) is -0.973. The summed E-state index contributed by atoms with van der Waals surface area (Å²) in [4.78, 5) is 32.3. The third-order valence-corrected chi connectivity index (χ3v) is 1.95. The van der Waals surface area contributed by atoms with Crippen LogP contribution in [0.2, 0.25) is 0 Å². The van der Waals surface area contributed by atoms with E-state index >= 15 is 0 Å². The van der Waals surface area contributed by atoms with Crippen molar-refractivity contribution < 1.29 is 19.5 Å². The largest absolute Gasteiger partial charge is 0.480 e. The zero-order valence-corrected chi connectivity index (χ0v) is 9.16. The summed E-state index contributed by atoms with van der Waals surface area (Å²) in [6.45, 7) is 0.194. The Hall–Kier alpha value is -1.63. The van der Waals surface area contributed by atoms with Crippen molar-refractivity contribution >= 4 is 17.8 Å². The number of nitrogens with two attached hydrogens (primary N) is 1. The summed E-state index contributed by atoms with van der Waals surface area (Å²) < 4.78 is 0. The average Bonchev–Trinajstić information content (AvgIpc) is 2.25. The minimum Gasteiger partial charge on any atom is -0.480 e. The molecule has 0 rings (SSSR count). The van der Waals surface area contributed by atoms with Crippen LogP contribution in [0.1, 0.15) is 19.3 Å². The van der Waals surface area contributed by atoms with Gasteiger partial charge in [-0.15, -0.1) is 0 Å². The van der Waals surface area contributed by atoms with E-state index in [0.29, 0.717) is 0 Å². The second kappa shape index (κ2) is 7.63. The van der Waals surface area contributed by atoms with Crippen molar-refractivity contribution in [3.63, 3.8) is 0 Å². The van der Waals surface area contributed by atoms with Crippen LogP contribution in [0.15, 0.2) is 0 Å². The molecule has 5 N–H and O–H groups in total. The Balaban J connectivity index is 3.58. The quantitative estimate of drug-likeness (QED) is 0.422. The lowest BCUT2D eigenvalue weighted by atomic mass is 10.2. The Morgan fingerprint density at radius 1 is 1.25 bits per heavy atom. The SMILES string of the molecule is CNC(=O)CCC(=O)NCCC(N)C(=O)O. The highest BCUT2D eigenvalue weighted by Crippen LogP contribution is 1.90. The normalized spacial score (nSPS) is 11.6. The number of hydrogen-bond acceptors (Lipinski definition) is 4. The van der Waals surface area contributed by atoms with Gasteiger partial charge in [-0.2, -0.15) is 0 Å². The van der Waals surface area contributed by atoms with Gasteiger partial charge in [0.05, 0.1) is 0 Å². The molecule has 0 spiro atoms. The molecule has 0 radical (unpaired) electrons. The molecule has 0 aliphatic rings. The molecule has 0 aromatic carbocycles.